The van der Waals surface area contributed by atoms with Crippen LogP contribution in [0.1, 0.15) is 55.6 Å². The van der Waals surface area contributed by atoms with Gasteiger partial charge in [-0.2, -0.15) is 5.10 Å². The van der Waals surface area contributed by atoms with Crippen LogP contribution in [0, 0.1) is 11.8 Å². The molecule has 1 unspecified atom stereocenters. The summed E-state index contributed by atoms with van der Waals surface area (Å²) in [4.78, 5) is 23.1. The van der Waals surface area contributed by atoms with Gasteiger partial charge in [0, 0.05) is 19.0 Å². The van der Waals surface area contributed by atoms with E-state index in [0.29, 0.717) is 17.4 Å². The Kier molecular flexibility index (Phi) is 4.65. The van der Waals surface area contributed by atoms with Crippen LogP contribution in [0.15, 0.2) is 6.20 Å². The van der Waals surface area contributed by atoms with Crippen LogP contribution in [0.2, 0.25) is 0 Å². The summed E-state index contributed by atoms with van der Waals surface area (Å²) in [5, 5.41) is 15.9. The zero-order chi connectivity index (χ0) is 15.6. The summed E-state index contributed by atoms with van der Waals surface area (Å²) >= 11 is 0. The molecule has 1 amide bonds. The lowest BCUT2D eigenvalue weighted by Crippen LogP contribution is -2.31. The van der Waals surface area contributed by atoms with Crippen LogP contribution in [0.25, 0.3) is 0 Å². The lowest BCUT2D eigenvalue weighted by Gasteiger charge is -2.12. The van der Waals surface area contributed by atoms with Crippen molar-refractivity contribution in [1.29, 1.82) is 0 Å². The molecule has 1 saturated carbocycles. The number of carbonyl (C=O) groups is 2. The van der Waals surface area contributed by atoms with Crippen LogP contribution in [0.3, 0.4) is 0 Å². The molecule has 1 aromatic rings. The molecule has 0 bridgehead atoms. The third kappa shape index (κ3) is 3.83. The van der Waals surface area contributed by atoms with E-state index in [1.165, 1.54) is 0 Å². The Bertz CT molecular complexity index is 532. The average Bonchev–Trinajstić information content (AvgIpc) is 3.16. The summed E-state index contributed by atoms with van der Waals surface area (Å²) < 4.78 is 1.93. The summed E-state index contributed by atoms with van der Waals surface area (Å²) in [6, 6.07) is 0. The zero-order valence-electron chi connectivity index (χ0n) is 12.8. The highest BCUT2D eigenvalue weighted by molar-refractivity contribution is 5.95. The van der Waals surface area contributed by atoms with Crippen molar-refractivity contribution in [2.75, 3.05) is 6.54 Å². The highest BCUT2D eigenvalue weighted by Crippen LogP contribution is 2.41. The molecule has 1 aliphatic rings. The molecule has 0 aliphatic heterocycles. The number of hydrogen-bond donors (Lipinski definition) is 2. The molecule has 1 atom stereocenters. The van der Waals surface area contributed by atoms with Crippen molar-refractivity contribution in [3.63, 3.8) is 0 Å². The Hall–Kier alpha value is -1.85. The molecular formula is C15H23N3O3. The number of amides is 1. The minimum Gasteiger partial charge on any atom is -0.481 e. The number of carboxylic acids is 1. The number of nitrogens with zero attached hydrogens (tertiary/aromatic N) is 2. The molecule has 6 nitrogen and oxygen atoms in total. The first-order valence-electron chi connectivity index (χ1n) is 7.46. The monoisotopic (exact) mass is 293 g/mol. The van der Waals surface area contributed by atoms with Crippen LogP contribution in [-0.4, -0.2) is 33.3 Å². The third-order valence-corrected chi connectivity index (χ3v) is 3.62. The van der Waals surface area contributed by atoms with E-state index < -0.39 is 11.9 Å². The fourth-order valence-electron chi connectivity index (χ4n) is 2.28. The smallest absolute Gasteiger partial charge is 0.308 e. The van der Waals surface area contributed by atoms with E-state index >= 15 is 0 Å². The van der Waals surface area contributed by atoms with Crippen molar-refractivity contribution < 1.29 is 14.7 Å². The molecule has 1 aliphatic carbocycles. The second-order valence-corrected chi connectivity index (χ2v) is 6.24. The SMILES string of the molecule is CC(C)Cn1ncc(C(=O)NCC(C)C(=O)O)c1C1CC1. The molecule has 1 aromatic heterocycles. The number of hydrogen-bond acceptors (Lipinski definition) is 3. The summed E-state index contributed by atoms with van der Waals surface area (Å²) in [5.41, 5.74) is 1.60. The van der Waals surface area contributed by atoms with Crippen molar-refractivity contribution in [3.05, 3.63) is 17.5 Å². The standard InChI is InChI=1S/C15H23N3O3/c1-9(2)8-18-13(11-4-5-11)12(7-17-18)14(19)16-6-10(3)15(20)21/h7,9-11H,4-6,8H2,1-3H3,(H,16,19)(H,20,21). The highest BCUT2D eigenvalue weighted by Gasteiger charge is 2.32. The molecule has 116 valence electrons. The van der Waals surface area contributed by atoms with Gasteiger partial charge in [0.15, 0.2) is 0 Å². The van der Waals surface area contributed by atoms with Gasteiger partial charge >= 0.3 is 5.97 Å². The van der Waals surface area contributed by atoms with Crippen LogP contribution >= 0.6 is 0 Å². The summed E-state index contributed by atoms with van der Waals surface area (Å²) in [7, 11) is 0. The van der Waals surface area contributed by atoms with E-state index in [-0.39, 0.29) is 12.5 Å². The molecule has 21 heavy (non-hydrogen) atoms. The maximum absolute atomic E-state index is 12.3. The molecule has 2 rings (SSSR count). The molecule has 0 radical (unpaired) electrons. The lowest BCUT2D eigenvalue weighted by molar-refractivity contribution is -0.140. The van der Waals surface area contributed by atoms with Crippen LogP contribution in [0.4, 0.5) is 0 Å². The van der Waals surface area contributed by atoms with Gasteiger partial charge in [-0.3, -0.25) is 14.3 Å². The number of carbonyl (C=O) groups excluding carboxylic acids is 1. The van der Waals surface area contributed by atoms with Gasteiger partial charge < -0.3 is 10.4 Å². The number of aliphatic carboxylic acids is 1. The third-order valence-electron chi connectivity index (χ3n) is 3.62. The lowest BCUT2D eigenvalue weighted by atomic mass is 10.1. The van der Waals surface area contributed by atoms with Gasteiger partial charge in [0.2, 0.25) is 0 Å². The summed E-state index contributed by atoms with van der Waals surface area (Å²) in [5.74, 6) is -0.841. The Morgan fingerprint density at radius 3 is 2.62 bits per heavy atom. The second kappa shape index (κ2) is 6.28. The maximum atomic E-state index is 12.3. The van der Waals surface area contributed by atoms with Gasteiger partial charge in [-0.1, -0.05) is 20.8 Å². The van der Waals surface area contributed by atoms with Gasteiger partial charge in [0.25, 0.3) is 5.91 Å². The molecule has 6 heteroatoms. The number of rotatable bonds is 7. The van der Waals surface area contributed by atoms with E-state index in [1.807, 2.05) is 4.68 Å². The van der Waals surface area contributed by atoms with E-state index in [9.17, 15) is 9.59 Å². The minimum atomic E-state index is -0.909. The summed E-state index contributed by atoms with van der Waals surface area (Å²) in [6.45, 7) is 6.74. The molecule has 0 saturated heterocycles. The van der Waals surface area contributed by atoms with Crippen molar-refractivity contribution in [1.82, 2.24) is 15.1 Å². The predicted octanol–water partition coefficient (Wildman–Crippen LogP) is 1.87. The first-order chi connectivity index (χ1) is 9.90. The van der Waals surface area contributed by atoms with Gasteiger partial charge in [-0.05, 0) is 18.8 Å². The summed E-state index contributed by atoms with van der Waals surface area (Å²) in [6.07, 6.45) is 3.79. The Labute approximate surface area is 124 Å². The minimum absolute atomic E-state index is 0.133. The van der Waals surface area contributed by atoms with Crippen molar-refractivity contribution in [2.24, 2.45) is 11.8 Å². The number of carboxylic acid groups (broad SMARTS) is 1. The largest absolute Gasteiger partial charge is 0.481 e. The van der Waals surface area contributed by atoms with Gasteiger partial charge in [0.1, 0.15) is 0 Å². The quantitative estimate of drug-likeness (QED) is 0.803. The van der Waals surface area contributed by atoms with Crippen molar-refractivity contribution >= 4 is 11.9 Å². The molecule has 0 aromatic carbocycles. The molecule has 1 fully saturated rings. The average molecular weight is 293 g/mol. The van der Waals surface area contributed by atoms with Gasteiger partial charge in [-0.25, -0.2) is 0 Å². The zero-order valence-corrected chi connectivity index (χ0v) is 12.8. The number of aromatic nitrogens is 2. The van der Waals surface area contributed by atoms with Gasteiger partial charge in [-0.15, -0.1) is 0 Å². The fraction of sp³-hybridized carbons (Fsp3) is 0.667. The fourth-order valence-corrected chi connectivity index (χ4v) is 2.28. The highest BCUT2D eigenvalue weighted by atomic mass is 16.4. The van der Waals surface area contributed by atoms with E-state index in [4.69, 9.17) is 5.11 Å². The Morgan fingerprint density at radius 2 is 2.10 bits per heavy atom. The molecule has 2 N–H and O–H groups in total. The van der Waals surface area contributed by atoms with E-state index in [2.05, 4.69) is 24.3 Å². The number of nitrogens with one attached hydrogen (secondary N) is 1. The Morgan fingerprint density at radius 1 is 1.43 bits per heavy atom. The topological polar surface area (TPSA) is 84.2 Å². The molecule has 0 spiro atoms. The molecular weight excluding hydrogens is 270 g/mol. The van der Waals surface area contributed by atoms with E-state index in [0.717, 1.165) is 25.1 Å². The Balaban J connectivity index is 2.10. The molecule has 1 heterocycles. The van der Waals surface area contributed by atoms with E-state index in [1.54, 1.807) is 13.1 Å². The first-order valence-corrected chi connectivity index (χ1v) is 7.46. The van der Waals surface area contributed by atoms with Crippen molar-refractivity contribution in [3.8, 4) is 0 Å². The van der Waals surface area contributed by atoms with Crippen LogP contribution in [0.5, 0.6) is 0 Å². The van der Waals surface area contributed by atoms with Crippen molar-refractivity contribution in [2.45, 2.75) is 46.1 Å². The van der Waals surface area contributed by atoms with Crippen LogP contribution in [-0.2, 0) is 11.3 Å². The maximum Gasteiger partial charge on any atom is 0.308 e. The predicted molar refractivity (Wildman–Crippen MR) is 78.2 cm³/mol. The second-order valence-electron chi connectivity index (χ2n) is 6.24. The van der Waals surface area contributed by atoms with Gasteiger partial charge in [0.05, 0.1) is 23.4 Å². The van der Waals surface area contributed by atoms with Crippen LogP contribution < -0.4 is 5.32 Å². The normalized spacial score (nSPS) is 16.0. The first kappa shape index (κ1) is 15.5.